The molecule has 1 aliphatic rings. The van der Waals surface area contributed by atoms with Crippen LogP contribution in [0.2, 0.25) is 0 Å². The fraction of sp³-hybridized carbons (Fsp3) is 0.862. The van der Waals surface area contributed by atoms with E-state index in [2.05, 4.69) is 28.6 Å². The predicted octanol–water partition coefficient (Wildman–Crippen LogP) is 7.91. The molecular formula is C29H53N2O3S+. The Balaban J connectivity index is 1.30. The largest absolute Gasteiger partial charge is 0.442 e. The van der Waals surface area contributed by atoms with E-state index in [1.807, 2.05) is 4.90 Å². The predicted molar refractivity (Wildman–Crippen MR) is 146 cm³/mol. The Hall–Kier alpha value is -1.14. The molecule has 1 aromatic rings. The monoisotopic (exact) mass is 509 g/mol. The van der Waals surface area contributed by atoms with Crippen molar-refractivity contribution in [2.24, 2.45) is 0 Å². The summed E-state index contributed by atoms with van der Waals surface area (Å²) >= 11 is 1.74. The van der Waals surface area contributed by atoms with E-state index in [1.54, 1.807) is 11.3 Å². The summed E-state index contributed by atoms with van der Waals surface area (Å²) in [4.78, 5) is 13.9. The van der Waals surface area contributed by atoms with E-state index in [-0.39, 0.29) is 12.2 Å². The Morgan fingerprint density at radius 1 is 0.886 bits per heavy atom. The minimum absolute atomic E-state index is 0.0934. The molecule has 0 aromatic carbocycles. The maximum atomic E-state index is 12.1. The van der Waals surface area contributed by atoms with Crippen molar-refractivity contribution in [3.05, 3.63) is 17.1 Å². The molecule has 0 aliphatic carbocycles. The average molecular weight is 510 g/mol. The van der Waals surface area contributed by atoms with Gasteiger partial charge in [0.1, 0.15) is 12.6 Å². The Morgan fingerprint density at radius 2 is 1.49 bits per heavy atom. The van der Waals surface area contributed by atoms with Gasteiger partial charge in [0.2, 0.25) is 5.51 Å². The topological polar surface area (TPSA) is 42.7 Å². The van der Waals surface area contributed by atoms with E-state index < -0.39 is 0 Å². The van der Waals surface area contributed by atoms with Crippen molar-refractivity contribution >= 4 is 17.4 Å². The molecule has 2 heterocycles. The normalized spacial score (nSPS) is 15.7. The van der Waals surface area contributed by atoms with E-state index in [0.717, 1.165) is 39.0 Å². The molecule has 0 spiro atoms. The van der Waals surface area contributed by atoms with Gasteiger partial charge in [-0.3, -0.25) is 0 Å². The molecule has 1 amide bonds. The van der Waals surface area contributed by atoms with Crippen LogP contribution < -0.4 is 4.57 Å². The number of aromatic nitrogens is 1. The summed E-state index contributed by atoms with van der Waals surface area (Å²) in [6.45, 7) is 6.19. The number of thiazole rings is 1. The lowest BCUT2D eigenvalue weighted by molar-refractivity contribution is -0.692. The lowest BCUT2D eigenvalue weighted by Gasteiger charge is -2.12. The zero-order valence-electron chi connectivity index (χ0n) is 22.6. The van der Waals surface area contributed by atoms with Crippen molar-refractivity contribution in [3.63, 3.8) is 0 Å². The number of rotatable bonds is 24. The van der Waals surface area contributed by atoms with Crippen LogP contribution in [0.1, 0.15) is 122 Å². The first-order chi connectivity index (χ1) is 17.3. The molecule has 35 heavy (non-hydrogen) atoms. The molecule has 1 atom stereocenters. The van der Waals surface area contributed by atoms with E-state index in [0.29, 0.717) is 13.2 Å². The summed E-state index contributed by atoms with van der Waals surface area (Å²) in [7, 11) is 0. The second-order valence-corrected chi connectivity index (χ2v) is 11.1. The van der Waals surface area contributed by atoms with E-state index in [1.165, 1.54) is 96.3 Å². The first-order valence-electron chi connectivity index (χ1n) is 14.7. The summed E-state index contributed by atoms with van der Waals surface area (Å²) in [6, 6.07) is 0. The number of carbonyl (C=O) groups excluding carboxylic acids is 1. The van der Waals surface area contributed by atoms with Crippen LogP contribution in [0, 0.1) is 0 Å². The second kappa shape index (κ2) is 21.0. The zero-order chi connectivity index (χ0) is 24.8. The molecule has 1 saturated heterocycles. The fourth-order valence-corrected chi connectivity index (χ4v) is 5.43. The van der Waals surface area contributed by atoms with Crippen LogP contribution in [-0.4, -0.2) is 43.4 Å². The summed E-state index contributed by atoms with van der Waals surface area (Å²) < 4.78 is 13.5. The minimum atomic E-state index is -0.163. The number of hydrogen-bond acceptors (Lipinski definition) is 4. The highest BCUT2D eigenvalue weighted by molar-refractivity contribution is 7.07. The molecule has 0 N–H and O–H groups in total. The van der Waals surface area contributed by atoms with Gasteiger partial charge in [-0.2, -0.15) is 4.57 Å². The van der Waals surface area contributed by atoms with Crippen LogP contribution in [-0.2, 0) is 16.0 Å². The average Bonchev–Trinajstić information content (AvgIpc) is 3.50. The standard InChI is InChI=1S/C29H53N2O3S/c1-2-3-4-5-6-7-8-9-10-11-12-13-16-19-23-33-26-28-25-31(29(32)34-28)21-18-15-14-17-20-30-22-24-35-27-30/h22,24,27-28H,2-21,23,25-26H2,1H3/q+1. The van der Waals surface area contributed by atoms with Crippen molar-refractivity contribution in [2.45, 2.75) is 135 Å². The lowest BCUT2D eigenvalue weighted by atomic mass is 10.0. The SMILES string of the molecule is CCCCCCCCCCCCCCCCOCC1CN(CCCCCC[n+]2ccsc2)C(=O)O1. The summed E-state index contributed by atoms with van der Waals surface area (Å²) in [5.41, 5.74) is 2.15. The number of aryl methyl sites for hydroxylation is 1. The molecule has 6 heteroatoms. The quantitative estimate of drug-likeness (QED) is 0.105. The van der Waals surface area contributed by atoms with Crippen LogP contribution in [0.5, 0.6) is 0 Å². The van der Waals surface area contributed by atoms with Crippen molar-refractivity contribution in [3.8, 4) is 0 Å². The third kappa shape index (κ3) is 15.6. The smallest absolute Gasteiger partial charge is 0.410 e. The molecule has 2 rings (SSSR count). The van der Waals surface area contributed by atoms with Gasteiger partial charge in [-0.15, -0.1) is 0 Å². The van der Waals surface area contributed by atoms with Crippen LogP contribution in [0.15, 0.2) is 17.1 Å². The number of hydrogen-bond donors (Lipinski definition) is 0. The molecule has 5 nitrogen and oxygen atoms in total. The second-order valence-electron chi connectivity index (χ2n) is 10.3. The number of ether oxygens (including phenoxy) is 2. The van der Waals surface area contributed by atoms with Crippen LogP contribution in [0.25, 0.3) is 0 Å². The molecule has 0 saturated carbocycles. The Labute approximate surface area is 219 Å². The number of amides is 1. The highest BCUT2D eigenvalue weighted by Gasteiger charge is 2.30. The molecule has 0 radical (unpaired) electrons. The summed E-state index contributed by atoms with van der Waals surface area (Å²) in [5.74, 6) is 0. The highest BCUT2D eigenvalue weighted by atomic mass is 32.1. The zero-order valence-corrected chi connectivity index (χ0v) is 23.4. The van der Waals surface area contributed by atoms with Gasteiger partial charge in [0.05, 0.1) is 18.5 Å². The van der Waals surface area contributed by atoms with Crippen LogP contribution in [0.3, 0.4) is 0 Å². The van der Waals surface area contributed by atoms with Gasteiger partial charge in [-0.05, 0) is 19.3 Å². The molecule has 202 valence electrons. The van der Waals surface area contributed by atoms with Crippen molar-refractivity contribution in [1.29, 1.82) is 0 Å². The first-order valence-corrected chi connectivity index (χ1v) is 15.7. The van der Waals surface area contributed by atoms with E-state index in [4.69, 9.17) is 9.47 Å². The molecule has 1 unspecified atom stereocenters. The number of nitrogens with zero attached hydrogens (tertiary/aromatic N) is 2. The Morgan fingerprint density at radius 3 is 2.11 bits per heavy atom. The first kappa shape index (κ1) is 30.1. The highest BCUT2D eigenvalue weighted by Crippen LogP contribution is 2.15. The van der Waals surface area contributed by atoms with E-state index in [9.17, 15) is 4.79 Å². The Kier molecular flexibility index (Phi) is 18.0. The molecule has 0 bridgehead atoms. The third-order valence-electron chi connectivity index (χ3n) is 7.02. The van der Waals surface area contributed by atoms with Gasteiger partial charge >= 0.3 is 6.09 Å². The molecule has 1 fully saturated rings. The van der Waals surface area contributed by atoms with Crippen LogP contribution in [0.4, 0.5) is 4.79 Å². The van der Waals surface area contributed by atoms with Gasteiger partial charge in [0, 0.05) is 19.6 Å². The van der Waals surface area contributed by atoms with Crippen molar-refractivity contribution < 1.29 is 18.8 Å². The van der Waals surface area contributed by atoms with Gasteiger partial charge in [-0.1, -0.05) is 108 Å². The van der Waals surface area contributed by atoms with Gasteiger partial charge in [0.25, 0.3) is 0 Å². The Bertz CT molecular complexity index is 611. The fourth-order valence-electron chi connectivity index (χ4n) is 4.80. The van der Waals surface area contributed by atoms with Crippen LogP contribution >= 0.6 is 11.3 Å². The van der Waals surface area contributed by atoms with E-state index >= 15 is 0 Å². The number of carbonyl (C=O) groups is 1. The third-order valence-corrected chi connectivity index (χ3v) is 7.69. The maximum absolute atomic E-state index is 12.1. The number of unbranched alkanes of at least 4 members (excludes halogenated alkanes) is 16. The van der Waals surface area contributed by atoms with Gasteiger partial charge in [-0.25, -0.2) is 4.79 Å². The summed E-state index contributed by atoms with van der Waals surface area (Å²) in [6.07, 6.45) is 25.7. The van der Waals surface area contributed by atoms with Gasteiger partial charge < -0.3 is 14.4 Å². The maximum Gasteiger partial charge on any atom is 0.410 e. The summed E-state index contributed by atoms with van der Waals surface area (Å²) in [5, 5.41) is 2.11. The van der Waals surface area contributed by atoms with Crippen molar-refractivity contribution in [1.82, 2.24) is 4.90 Å². The molecule has 1 aliphatic heterocycles. The lowest BCUT2D eigenvalue weighted by Crippen LogP contribution is -2.29. The number of cyclic esters (lactones) is 1. The minimum Gasteiger partial charge on any atom is -0.442 e. The molecule has 1 aromatic heterocycles. The van der Waals surface area contributed by atoms with Gasteiger partial charge in [0.15, 0.2) is 6.20 Å². The molecular weight excluding hydrogens is 456 g/mol. The van der Waals surface area contributed by atoms with Crippen molar-refractivity contribution in [2.75, 3.05) is 26.3 Å².